The smallest absolute Gasteiger partial charge is 0.242 e. The highest BCUT2D eigenvalue weighted by Crippen LogP contribution is 2.29. The molecule has 196 valence electrons. The van der Waals surface area contributed by atoms with E-state index in [2.05, 4.69) is 21.2 Å². The lowest BCUT2D eigenvalue weighted by Crippen LogP contribution is -2.49. The van der Waals surface area contributed by atoms with E-state index in [0.717, 1.165) is 21.2 Å². The zero-order valence-corrected chi connectivity index (χ0v) is 23.3. The number of rotatable bonds is 13. The van der Waals surface area contributed by atoms with Crippen LogP contribution in [0, 0.1) is 0 Å². The summed E-state index contributed by atoms with van der Waals surface area (Å²) in [7, 11) is 1.61. The maximum absolute atomic E-state index is 13.7. The van der Waals surface area contributed by atoms with E-state index in [9.17, 15) is 9.59 Å². The number of nitrogens with one attached hydrogen (secondary N) is 1. The van der Waals surface area contributed by atoms with Crippen LogP contribution < -0.4 is 14.8 Å². The molecule has 7 heteroatoms. The number of carbonyl (C=O) groups excluding carboxylic acids is 2. The van der Waals surface area contributed by atoms with Gasteiger partial charge in [0, 0.05) is 30.9 Å². The Balaban J connectivity index is 1.85. The van der Waals surface area contributed by atoms with E-state index in [1.165, 1.54) is 0 Å². The van der Waals surface area contributed by atoms with Crippen molar-refractivity contribution < 1.29 is 19.1 Å². The molecule has 0 saturated heterocycles. The number of carbonyl (C=O) groups is 2. The molecule has 0 fully saturated rings. The molecule has 0 radical (unpaired) electrons. The normalized spacial score (nSPS) is 11.5. The molecular weight excluding hydrogens is 532 g/mol. The van der Waals surface area contributed by atoms with Crippen LogP contribution in [-0.2, 0) is 29.0 Å². The number of nitrogens with zero attached hydrogens (tertiary/aromatic N) is 1. The summed E-state index contributed by atoms with van der Waals surface area (Å²) in [5, 5.41) is 2.76. The van der Waals surface area contributed by atoms with Crippen LogP contribution in [0.1, 0.15) is 37.0 Å². The Labute approximate surface area is 228 Å². The van der Waals surface area contributed by atoms with Gasteiger partial charge in [-0.25, -0.2) is 0 Å². The molecule has 1 N–H and O–H groups in total. The van der Waals surface area contributed by atoms with E-state index in [1.54, 1.807) is 11.9 Å². The second-order valence-electron chi connectivity index (χ2n) is 8.61. The highest BCUT2D eigenvalue weighted by molar-refractivity contribution is 9.10. The standard InChI is InChI=1S/C30H35BrN2O4/c1-4-36-27-17-13-23(20-28(27)37-5-2)14-18-29(34)33(21-24-11-15-25(31)16-12-24)26(30(35)32-3)19-22-9-7-6-8-10-22/h6-13,15-17,20,26H,4-5,14,18-19,21H2,1-3H3,(H,32,35). The van der Waals surface area contributed by atoms with Crippen molar-refractivity contribution in [1.82, 2.24) is 10.2 Å². The molecule has 6 nitrogen and oxygen atoms in total. The first-order valence-electron chi connectivity index (χ1n) is 12.6. The Morgan fingerprint density at radius 3 is 2.16 bits per heavy atom. The van der Waals surface area contributed by atoms with Gasteiger partial charge in [0.25, 0.3) is 0 Å². The fraction of sp³-hybridized carbons (Fsp3) is 0.333. The predicted octanol–water partition coefficient (Wildman–Crippen LogP) is 5.57. The lowest BCUT2D eigenvalue weighted by molar-refractivity contribution is -0.141. The number of ether oxygens (including phenoxy) is 2. The number of amides is 2. The van der Waals surface area contributed by atoms with Crippen molar-refractivity contribution in [3.63, 3.8) is 0 Å². The molecular formula is C30H35BrN2O4. The molecule has 0 aliphatic heterocycles. The summed E-state index contributed by atoms with van der Waals surface area (Å²) in [4.78, 5) is 28.5. The average molecular weight is 568 g/mol. The van der Waals surface area contributed by atoms with Gasteiger partial charge in [-0.3, -0.25) is 9.59 Å². The summed E-state index contributed by atoms with van der Waals surface area (Å²) >= 11 is 3.47. The van der Waals surface area contributed by atoms with Crippen LogP contribution in [0.25, 0.3) is 0 Å². The van der Waals surface area contributed by atoms with E-state index in [-0.39, 0.29) is 18.2 Å². The van der Waals surface area contributed by atoms with Gasteiger partial charge in [0.15, 0.2) is 11.5 Å². The first kappa shape index (κ1) is 28.3. The Bertz CT molecular complexity index is 1150. The first-order valence-corrected chi connectivity index (χ1v) is 13.4. The quantitative estimate of drug-likeness (QED) is 0.294. The number of likely N-dealkylation sites (N-methyl/N-ethyl adjacent to an activating group) is 1. The summed E-state index contributed by atoms with van der Waals surface area (Å²) in [6, 6.07) is 22.7. The SMILES string of the molecule is CCOc1ccc(CCC(=O)N(Cc2ccc(Br)cc2)C(Cc2ccccc2)C(=O)NC)cc1OCC. The summed E-state index contributed by atoms with van der Waals surface area (Å²) in [6.45, 7) is 5.27. The minimum absolute atomic E-state index is 0.0840. The van der Waals surface area contributed by atoms with Crippen LogP contribution in [0.5, 0.6) is 11.5 Å². The molecule has 2 amide bonds. The Hall–Kier alpha value is -3.32. The summed E-state index contributed by atoms with van der Waals surface area (Å²) in [5.41, 5.74) is 2.93. The van der Waals surface area contributed by atoms with Gasteiger partial charge in [-0.15, -0.1) is 0 Å². The van der Waals surface area contributed by atoms with Crippen molar-refractivity contribution in [2.75, 3.05) is 20.3 Å². The Morgan fingerprint density at radius 1 is 0.865 bits per heavy atom. The van der Waals surface area contributed by atoms with Gasteiger partial charge in [-0.05, 0) is 61.2 Å². The van der Waals surface area contributed by atoms with Crippen molar-refractivity contribution >= 4 is 27.7 Å². The summed E-state index contributed by atoms with van der Waals surface area (Å²) in [5.74, 6) is 1.10. The molecule has 1 unspecified atom stereocenters. The molecule has 1 atom stereocenters. The van der Waals surface area contributed by atoms with Crippen molar-refractivity contribution in [1.29, 1.82) is 0 Å². The van der Waals surface area contributed by atoms with E-state index in [4.69, 9.17) is 9.47 Å². The van der Waals surface area contributed by atoms with Gasteiger partial charge in [0.05, 0.1) is 13.2 Å². The van der Waals surface area contributed by atoms with Crippen molar-refractivity contribution in [2.24, 2.45) is 0 Å². The van der Waals surface area contributed by atoms with Crippen LogP contribution in [0.2, 0.25) is 0 Å². The van der Waals surface area contributed by atoms with Gasteiger partial charge < -0.3 is 19.7 Å². The van der Waals surface area contributed by atoms with Crippen molar-refractivity contribution in [3.8, 4) is 11.5 Å². The number of hydrogen-bond acceptors (Lipinski definition) is 4. The number of benzene rings is 3. The minimum atomic E-state index is -0.636. The molecule has 0 spiro atoms. The largest absolute Gasteiger partial charge is 0.490 e. The fourth-order valence-corrected chi connectivity index (χ4v) is 4.42. The Morgan fingerprint density at radius 2 is 1.51 bits per heavy atom. The number of hydrogen-bond donors (Lipinski definition) is 1. The van der Waals surface area contributed by atoms with Crippen LogP contribution >= 0.6 is 15.9 Å². The minimum Gasteiger partial charge on any atom is -0.490 e. The zero-order chi connectivity index (χ0) is 26.6. The van der Waals surface area contributed by atoms with Crippen LogP contribution in [-0.4, -0.2) is 43.0 Å². The third-order valence-corrected chi connectivity index (χ3v) is 6.55. The topological polar surface area (TPSA) is 67.9 Å². The summed E-state index contributed by atoms with van der Waals surface area (Å²) in [6.07, 6.45) is 1.21. The van der Waals surface area contributed by atoms with Crippen LogP contribution in [0.3, 0.4) is 0 Å². The van der Waals surface area contributed by atoms with Gasteiger partial charge in [-0.1, -0.05) is 64.5 Å². The molecule has 0 aliphatic carbocycles. The second-order valence-corrected chi connectivity index (χ2v) is 9.53. The number of halogens is 1. The lowest BCUT2D eigenvalue weighted by Gasteiger charge is -2.31. The second kappa shape index (κ2) is 14.4. The third kappa shape index (κ3) is 8.35. The predicted molar refractivity (Wildman–Crippen MR) is 150 cm³/mol. The third-order valence-electron chi connectivity index (χ3n) is 6.02. The molecule has 0 aliphatic rings. The zero-order valence-electron chi connectivity index (χ0n) is 21.7. The maximum atomic E-state index is 13.7. The molecule has 3 aromatic carbocycles. The van der Waals surface area contributed by atoms with Crippen molar-refractivity contribution in [2.45, 2.75) is 45.7 Å². The van der Waals surface area contributed by atoms with Crippen molar-refractivity contribution in [3.05, 3.63) is 94.0 Å². The summed E-state index contributed by atoms with van der Waals surface area (Å²) < 4.78 is 12.4. The van der Waals surface area contributed by atoms with Gasteiger partial charge in [0.2, 0.25) is 11.8 Å². The molecule has 0 bridgehead atoms. The monoisotopic (exact) mass is 566 g/mol. The van der Waals surface area contributed by atoms with E-state index in [0.29, 0.717) is 44.1 Å². The van der Waals surface area contributed by atoms with E-state index in [1.807, 2.05) is 86.6 Å². The van der Waals surface area contributed by atoms with Crippen LogP contribution in [0.4, 0.5) is 0 Å². The molecule has 3 aromatic rings. The fourth-order valence-electron chi connectivity index (χ4n) is 4.15. The van der Waals surface area contributed by atoms with Gasteiger partial charge >= 0.3 is 0 Å². The highest BCUT2D eigenvalue weighted by atomic mass is 79.9. The average Bonchev–Trinajstić information content (AvgIpc) is 2.92. The van der Waals surface area contributed by atoms with Gasteiger partial charge in [0.1, 0.15) is 6.04 Å². The number of aryl methyl sites for hydroxylation is 1. The lowest BCUT2D eigenvalue weighted by atomic mass is 10.0. The highest BCUT2D eigenvalue weighted by Gasteiger charge is 2.29. The van der Waals surface area contributed by atoms with Crippen LogP contribution in [0.15, 0.2) is 77.3 Å². The molecule has 0 saturated carbocycles. The Kier molecular flexibility index (Phi) is 11.0. The molecule has 37 heavy (non-hydrogen) atoms. The molecule has 0 aromatic heterocycles. The first-order chi connectivity index (χ1) is 17.9. The van der Waals surface area contributed by atoms with E-state index >= 15 is 0 Å². The van der Waals surface area contributed by atoms with Gasteiger partial charge in [-0.2, -0.15) is 0 Å². The molecule has 3 rings (SSSR count). The maximum Gasteiger partial charge on any atom is 0.242 e. The molecule has 0 heterocycles. The van der Waals surface area contributed by atoms with E-state index < -0.39 is 6.04 Å².